The first-order chi connectivity index (χ1) is 12.5. The molecule has 5 nitrogen and oxygen atoms in total. The molecule has 1 aliphatic rings. The van der Waals surface area contributed by atoms with Crippen LogP contribution in [0.25, 0.3) is 0 Å². The van der Waals surface area contributed by atoms with Gasteiger partial charge in [0.2, 0.25) is 0 Å². The number of pyridine rings is 1. The van der Waals surface area contributed by atoms with Crippen molar-refractivity contribution in [1.82, 2.24) is 4.98 Å². The number of allylic oxidation sites excluding steroid dienone is 1. The van der Waals surface area contributed by atoms with Crippen LogP contribution in [0.15, 0.2) is 59.1 Å². The first-order valence-corrected chi connectivity index (χ1v) is 10.6. The van der Waals surface area contributed by atoms with Crippen molar-refractivity contribution in [2.45, 2.75) is 37.0 Å². The lowest BCUT2D eigenvalue weighted by Crippen LogP contribution is -2.14. The van der Waals surface area contributed by atoms with Gasteiger partial charge in [0.1, 0.15) is 5.82 Å². The number of hydrogen-bond acceptors (Lipinski definition) is 4. The number of anilines is 2. The van der Waals surface area contributed by atoms with Crippen LogP contribution < -0.4 is 10.0 Å². The molecular weight excluding hydrogens is 370 g/mol. The van der Waals surface area contributed by atoms with Gasteiger partial charge in [0.25, 0.3) is 10.0 Å². The molecule has 0 saturated heterocycles. The summed E-state index contributed by atoms with van der Waals surface area (Å²) in [4.78, 5) is 4.28. The average Bonchev–Trinajstić information content (AvgIpc) is 2.64. The lowest BCUT2D eigenvalue weighted by molar-refractivity contribution is 0.601. The number of halogens is 1. The predicted octanol–water partition coefficient (Wildman–Crippen LogP) is 4.84. The number of nitrogens with zero attached hydrogens (tertiary/aromatic N) is 1. The Morgan fingerprint density at radius 3 is 2.73 bits per heavy atom. The molecule has 0 amide bonds. The minimum absolute atomic E-state index is 0.106. The Morgan fingerprint density at radius 2 is 2.04 bits per heavy atom. The first kappa shape index (κ1) is 18.7. The van der Waals surface area contributed by atoms with E-state index < -0.39 is 10.0 Å². The molecule has 1 aromatic heterocycles. The molecule has 1 aromatic carbocycles. The van der Waals surface area contributed by atoms with E-state index in [2.05, 4.69) is 21.1 Å². The molecule has 0 spiro atoms. The zero-order valence-electron chi connectivity index (χ0n) is 14.4. The highest BCUT2D eigenvalue weighted by Gasteiger charge is 2.15. The van der Waals surface area contributed by atoms with Crippen molar-refractivity contribution in [1.29, 1.82) is 0 Å². The quantitative estimate of drug-likeness (QED) is 0.662. The molecule has 0 radical (unpaired) electrons. The van der Waals surface area contributed by atoms with Crippen LogP contribution in [0.3, 0.4) is 0 Å². The maximum Gasteiger partial charge on any atom is 0.263 e. The van der Waals surface area contributed by atoms with Crippen molar-refractivity contribution in [3.05, 3.63) is 59.3 Å². The van der Waals surface area contributed by atoms with Gasteiger partial charge in [-0.3, -0.25) is 4.72 Å². The number of hydrogen-bond donors (Lipinski definition) is 2. The third-order valence-electron chi connectivity index (χ3n) is 4.27. The van der Waals surface area contributed by atoms with Gasteiger partial charge < -0.3 is 5.32 Å². The molecule has 138 valence electrons. The van der Waals surface area contributed by atoms with Crippen molar-refractivity contribution >= 4 is 33.1 Å². The van der Waals surface area contributed by atoms with Gasteiger partial charge in [-0.15, -0.1) is 0 Å². The highest BCUT2D eigenvalue weighted by molar-refractivity contribution is 7.92. The van der Waals surface area contributed by atoms with Gasteiger partial charge in [-0.1, -0.05) is 29.3 Å². The average molecular weight is 392 g/mol. The molecular formula is C19H22ClN3O2S. The summed E-state index contributed by atoms with van der Waals surface area (Å²) in [6.45, 7) is 0.848. The van der Waals surface area contributed by atoms with Crippen molar-refractivity contribution in [3.63, 3.8) is 0 Å². The van der Waals surface area contributed by atoms with Crippen LogP contribution in [-0.2, 0) is 10.0 Å². The molecule has 0 bridgehead atoms. The van der Waals surface area contributed by atoms with E-state index in [1.165, 1.54) is 43.4 Å². The Bertz CT molecular complexity index is 880. The second kappa shape index (κ2) is 8.56. The predicted molar refractivity (Wildman–Crippen MR) is 106 cm³/mol. The summed E-state index contributed by atoms with van der Waals surface area (Å²) in [5, 5.41) is 3.69. The third-order valence-corrected chi connectivity index (χ3v) is 5.86. The highest BCUT2D eigenvalue weighted by Crippen LogP contribution is 2.21. The zero-order valence-corrected chi connectivity index (χ0v) is 16.0. The Kier molecular flexibility index (Phi) is 6.16. The molecule has 0 fully saturated rings. The summed E-state index contributed by atoms with van der Waals surface area (Å²) in [6, 6.07) is 9.58. The fourth-order valence-corrected chi connectivity index (χ4v) is 4.20. The van der Waals surface area contributed by atoms with E-state index in [-0.39, 0.29) is 10.7 Å². The normalized spacial score (nSPS) is 14.6. The van der Waals surface area contributed by atoms with Crippen molar-refractivity contribution in [2.75, 3.05) is 16.6 Å². The molecule has 0 atom stereocenters. The van der Waals surface area contributed by atoms with Crippen LogP contribution in [0.5, 0.6) is 0 Å². The zero-order chi connectivity index (χ0) is 18.4. The minimum atomic E-state index is -3.70. The number of sulfonamides is 1. The Morgan fingerprint density at radius 1 is 1.15 bits per heavy atom. The minimum Gasteiger partial charge on any atom is -0.383 e. The second-order valence-corrected chi connectivity index (χ2v) is 8.40. The van der Waals surface area contributed by atoms with Gasteiger partial charge in [0.05, 0.1) is 16.8 Å². The lowest BCUT2D eigenvalue weighted by Gasteiger charge is -2.13. The molecule has 2 aromatic rings. The number of benzene rings is 1. The third kappa shape index (κ3) is 5.22. The molecule has 26 heavy (non-hydrogen) atoms. The van der Waals surface area contributed by atoms with Gasteiger partial charge >= 0.3 is 0 Å². The Labute approximate surface area is 159 Å². The van der Waals surface area contributed by atoms with Crippen molar-refractivity contribution < 1.29 is 8.42 Å². The SMILES string of the molecule is O=S(=O)(Nc1ccc(NCCC2=CCCCC2)cn1)c1cccc(Cl)c1. The van der Waals surface area contributed by atoms with E-state index >= 15 is 0 Å². The topological polar surface area (TPSA) is 71.1 Å². The molecule has 0 aliphatic heterocycles. The summed E-state index contributed by atoms with van der Waals surface area (Å²) in [6.07, 6.45) is 9.98. The van der Waals surface area contributed by atoms with Gasteiger partial charge in [-0.2, -0.15) is 0 Å². The van der Waals surface area contributed by atoms with Crippen LogP contribution in [-0.4, -0.2) is 19.9 Å². The standard InChI is InChI=1S/C19H22ClN3O2S/c20-16-7-4-8-18(13-16)26(24,25)23-19-10-9-17(14-22-19)21-12-11-15-5-2-1-3-6-15/h4-5,7-10,13-14,21H,1-3,6,11-12H2,(H,22,23). The van der Waals surface area contributed by atoms with Crippen LogP contribution >= 0.6 is 11.6 Å². The Balaban J connectivity index is 1.56. The van der Waals surface area contributed by atoms with E-state index in [0.717, 1.165) is 18.7 Å². The van der Waals surface area contributed by atoms with Crippen molar-refractivity contribution in [3.8, 4) is 0 Å². The van der Waals surface area contributed by atoms with Crippen molar-refractivity contribution in [2.24, 2.45) is 0 Å². The number of aromatic nitrogens is 1. The fraction of sp³-hybridized carbons (Fsp3) is 0.316. The summed E-state index contributed by atoms with van der Waals surface area (Å²) >= 11 is 5.86. The molecule has 1 heterocycles. The lowest BCUT2D eigenvalue weighted by atomic mass is 9.97. The summed E-state index contributed by atoms with van der Waals surface area (Å²) in [5.74, 6) is 0.269. The van der Waals surface area contributed by atoms with Gasteiger partial charge in [0.15, 0.2) is 0 Å². The summed E-state index contributed by atoms with van der Waals surface area (Å²) in [5.41, 5.74) is 2.38. The van der Waals surface area contributed by atoms with E-state index in [1.54, 1.807) is 24.4 Å². The fourth-order valence-electron chi connectivity index (χ4n) is 2.89. The monoisotopic (exact) mass is 391 g/mol. The van der Waals surface area contributed by atoms with Crippen LogP contribution in [0.4, 0.5) is 11.5 Å². The van der Waals surface area contributed by atoms with Gasteiger partial charge in [-0.05, 0) is 62.4 Å². The van der Waals surface area contributed by atoms with Gasteiger partial charge in [0, 0.05) is 11.6 Å². The van der Waals surface area contributed by atoms with Crippen LogP contribution in [0.2, 0.25) is 5.02 Å². The molecule has 3 rings (SSSR count). The molecule has 0 saturated carbocycles. The van der Waals surface area contributed by atoms with Gasteiger partial charge in [-0.25, -0.2) is 13.4 Å². The van der Waals surface area contributed by atoms with E-state index in [0.29, 0.717) is 5.02 Å². The number of nitrogens with one attached hydrogen (secondary N) is 2. The largest absolute Gasteiger partial charge is 0.383 e. The maximum atomic E-state index is 12.4. The highest BCUT2D eigenvalue weighted by atomic mass is 35.5. The molecule has 1 aliphatic carbocycles. The van der Waals surface area contributed by atoms with E-state index in [9.17, 15) is 8.42 Å². The summed E-state index contributed by atoms with van der Waals surface area (Å²) < 4.78 is 27.2. The second-order valence-electron chi connectivity index (χ2n) is 6.28. The van der Waals surface area contributed by atoms with Crippen LogP contribution in [0, 0.1) is 0 Å². The maximum absolute atomic E-state index is 12.4. The molecule has 0 unspecified atom stereocenters. The first-order valence-electron chi connectivity index (χ1n) is 8.69. The smallest absolute Gasteiger partial charge is 0.263 e. The van der Waals surface area contributed by atoms with E-state index in [1.807, 2.05) is 6.07 Å². The molecule has 2 N–H and O–H groups in total. The summed E-state index contributed by atoms with van der Waals surface area (Å²) in [7, 11) is -3.70. The van der Waals surface area contributed by atoms with Crippen LogP contribution in [0.1, 0.15) is 32.1 Å². The van der Waals surface area contributed by atoms with E-state index in [4.69, 9.17) is 11.6 Å². The number of rotatable bonds is 7. The molecule has 7 heteroatoms. The Hall–Kier alpha value is -2.05.